The number of imidazole rings is 1. The van der Waals surface area contributed by atoms with E-state index < -0.39 is 10.0 Å². The standard InChI is InChI=1S/C14H12ClN3O3S/c1-8-2-4-11(10(15)6-8)18-22(20,21)9-3-5-12-13(7-9)17-14(19)16-12/h2-7,18H,1H3,(H2,16,17,19). The van der Waals surface area contributed by atoms with Crippen molar-refractivity contribution in [1.29, 1.82) is 0 Å². The number of nitrogens with one attached hydrogen (secondary N) is 3. The van der Waals surface area contributed by atoms with E-state index in [0.29, 0.717) is 21.7 Å². The summed E-state index contributed by atoms with van der Waals surface area (Å²) in [6.07, 6.45) is 0. The maximum atomic E-state index is 12.4. The number of benzene rings is 2. The highest BCUT2D eigenvalue weighted by molar-refractivity contribution is 7.92. The van der Waals surface area contributed by atoms with Gasteiger partial charge >= 0.3 is 5.69 Å². The van der Waals surface area contributed by atoms with Crippen molar-refractivity contribution in [2.24, 2.45) is 0 Å². The van der Waals surface area contributed by atoms with Gasteiger partial charge in [0, 0.05) is 0 Å². The molecule has 0 fully saturated rings. The molecule has 0 unspecified atom stereocenters. The number of hydrogen-bond acceptors (Lipinski definition) is 3. The van der Waals surface area contributed by atoms with E-state index in [2.05, 4.69) is 14.7 Å². The molecule has 3 aromatic rings. The Kier molecular flexibility index (Phi) is 3.46. The molecule has 0 saturated carbocycles. The second-order valence-corrected chi connectivity index (χ2v) is 6.96. The molecule has 1 heterocycles. The van der Waals surface area contributed by atoms with Crippen LogP contribution < -0.4 is 10.4 Å². The van der Waals surface area contributed by atoms with Gasteiger partial charge in [-0.25, -0.2) is 13.2 Å². The molecule has 2 aromatic carbocycles. The number of aromatic nitrogens is 2. The second-order valence-electron chi connectivity index (χ2n) is 4.88. The lowest BCUT2D eigenvalue weighted by molar-refractivity contribution is 0.601. The first kappa shape index (κ1) is 14.7. The lowest BCUT2D eigenvalue weighted by Gasteiger charge is -2.10. The van der Waals surface area contributed by atoms with Crippen LogP contribution in [0.25, 0.3) is 11.0 Å². The molecule has 22 heavy (non-hydrogen) atoms. The first-order valence-corrected chi connectivity index (χ1v) is 8.22. The molecule has 0 aliphatic heterocycles. The van der Waals surface area contributed by atoms with E-state index in [1.165, 1.54) is 18.2 Å². The summed E-state index contributed by atoms with van der Waals surface area (Å²) in [7, 11) is -3.80. The van der Waals surface area contributed by atoms with Crippen molar-refractivity contribution in [2.45, 2.75) is 11.8 Å². The van der Waals surface area contributed by atoms with Crippen LogP contribution in [-0.4, -0.2) is 18.4 Å². The van der Waals surface area contributed by atoms with E-state index in [9.17, 15) is 13.2 Å². The average Bonchev–Trinajstić information content (AvgIpc) is 2.81. The molecule has 0 saturated heterocycles. The smallest absolute Gasteiger partial charge is 0.306 e. The Morgan fingerprint density at radius 2 is 1.77 bits per heavy atom. The van der Waals surface area contributed by atoms with E-state index in [1.807, 2.05) is 6.92 Å². The number of halogens is 1. The zero-order chi connectivity index (χ0) is 15.9. The van der Waals surface area contributed by atoms with Gasteiger partial charge in [-0.15, -0.1) is 0 Å². The first-order chi connectivity index (χ1) is 10.3. The molecule has 0 amide bonds. The highest BCUT2D eigenvalue weighted by Gasteiger charge is 2.16. The van der Waals surface area contributed by atoms with Crippen molar-refractivity contribution in [3.63, 3.8) is 0 Å². The van der Waals surface area contributed by atoms with Gasteiger partial charge in [0.2, 0.25) is 0 Å². The van der Waals surface area contributed by atoms with E-state index in [4.69, 9.17) is 11.6 Å². The predicted octanol–water partition coefficient (Wildman–Crippen LogP) is 2.62. The monoisotopic (exact) mass is 337 g/mol. The number of H-pyrrole nitrogens is 2. The van der Waals surface area contributed by atoms with Gasteiger partial charge in [0.25, 0.3) is 10.0 Å². The average molecular weight is 338 g/mol. The Labute approximate surface area is 131 Å². The SMILES string of the molecule is Cc1ccc(NS(=O)(=O)c2ccc3[nH]c(=O)[nH]c3c2)c(Cl)c1. The number of sulfonamides is 1. The topological polar surface area (TPSA) is 94.8 Å². The largest absolute Gasteiger partial charge is 0.323 e. The number of fused-ring (bicyclic) bond motifs is 1. The van der Waals surface area contributed by atoms with Gasteiger partial charge in [0.1, 0.15) is 0 Å². The molecule has 6 nitrogen and oxygen atoms in total. The number of rotatable bonds is 3. The molecule has 0 aliphatic rings. The Bertz CT molecular complexity index is 1020. The summed E-state index contributed by atoms with van der Waals surface area (Å²) in [6.45, 7) is 1.86. The van der Waals surface area contributed by atoms with Crippen LogP contribution in [0.5, 0.6) is 0 Å². The van der Waals surface area contributed by atoms with E-state index in [-0.39, 0.29) is 10.6 Å². The Hall–Kier alpha value is -2.25. The summed E-state index contributed by atoms with van der Waals surface area (Å²) in [6, 6.07) is 9.36. The first-order valence-electron chi connectivity index (χ1n) is 6.36. The third-order valence-corrected chi connectivity index (χ3v) is 4.84. The van der Waals surface area contributed by atoms with Crippen molar-refractivity contribution in [3.8, 4) is 0 Å². The van der Waals surface area contributed by atoms with Crippen molar-refractivity contribution < 1.29 is 8.42 Å². The molecule has 0 spiro atoms. The Morgan fingerprint density at radius 3 is 2.50 bits per heavy atom. The minimum absolute atomic E-state index is 0.0342. The van der Waals surface area contributed by atoms with Crippen molar-refractivity contribution in [1.82, 2.24) is 9.97 Å². The molecular weight excluding hydrogens is 326 g/mol. The van der Waals surface area contributed by atoms with Gasteiger partial charge in [0.05, 0.1) is 26.6 Å². The maximum Gasteiger partial charge on any atom is 0.323 e. The van der Waals surface area contributed by atoms with Crippen LogP contribution in [0, 0.1) is 6.92 Å². The molecular formula is C14H12ClN3O3S. The molecule has 0 atom stereocenters. The predicted molar refractivity (Wildman–Crippen MR) is 85.9 cm³/mol. The van der Waals surface area contributed by atoms with Gasteiger partial charge in [-0.05, 0) is 42.8 Å². The summed E-state index contributed by atoms with van der Waals surface area (Å²) in [5, 5.41) is 0.319. The lowest BCUT2D eigenvalue weighted by Crippen LogP contribution is -2.13. The number of aromatic amines is 2. The van der Waals surface area contributed by atoms with Crippen LogP contribution in [-0.2, 0) is 10.0 Å². The molecule has 0 radical (unpaired) electrons. The lowest BCUT2D eigenvalue weighted by atomic mass is 10.2. The fourth-order valence-corrected chi connectivity index (χ4v) is 3.53. The summed E-state index contributed by atoms with van der Waals surface area (Å²) in [4.78, 5) is 16.3. The summed E-state index contributed by atoms with van der Waals surface area (Å²) in [5.74, 6) is 0. The summed E-state index contributed by atoms with van der Waals surface area (Å²) >= 11 is 6.04. The van der Waals surface area contributed by atoms with Crippen LogP contribution in [0.4, 0.5) is 5.69 Å². The van der Waals surface area contributed by atoms with Crippen LogP contribution in [0.3, 0.4) is 0 Å². The molecule has 1 aromatic heterocycles. The van der Waals surface area contributed by atoms with E-state index in [0.717, 1.165) is 5.56 Å². The summed E-state index contributed by atoms with van der Waals surface area (Å²) < 4.78 is 27.3. The minimum atomic E-state index is -3.80. The molecule has 0 aliphatic carbocycles. The fourth-order valence-electron chi connectivity index (χ4n) is 2.09. The second kappa shape index (κ2) is 5.19. The quantitative estimate of drug-likeness (QED) is 0.685. The Morgan fingerprint density at radius 1 is 1.05 bits per heavy atom. The van der Waals surface area contributed by atoms with Gasteiger partial charge in [-0.1, -0.05) is 17.7 Å². The van der Waals surface area contributed by atoms with Crippen molar-refractivity contribution in [2.75, 3.05) is 4.72 Å². The third kappa shape index (κ3) is 2.72. The van der Waals surface area contributed by atoms with Gasteiger partial charge in [-0.3, -0.25) is 4.72 Å². The number of aryl methyl sites for hydroxylation is 1. The molecule has 8 heteroatoms. The van der Waals surface area contributed by atoms with Gasteiger partial charge in [-0.2, -0.15) is 0 Å². The third-order valence-electron chi connectivity index (χ3n) is 3.17. The van der Waals surface area contributed by atoms with Gasteiger partial charge < -0.3 is 9.97 Å². The number of anilines is 1. The van der Waals surface area contributed by atoms with Crippen molar-refractivity contribution >= 4 is 38.3 Å². The molecule has 114 valence electrons. The van der Waals surface area contributed by atoms with E-state index >= 15 is 0 Å². The van der Waals surface area contributed by atoms with Crippen LogP contribution in [0.1, 0.15) is 5.56 Å². The fraction of sp³-hybridized carbons (Fsp3) is 0.0714. The summed E-state index contributed by atoms with van der Waals surface area (Å²) in [5.41, 5.74) is 1.80. The van der Waals surface area contributed by atoms with E-state index in [1.54, 1.807) is 18.2 Å². The van der Waals surface area contributed by atoms with Gasteiger partial charge in [0.15, 0.2) is 0 Å². The van der Waals surface area contributed by atoms with Crippen LogP contribution in [0.15, 0.2) is 46.1 Å². The molecule has 0 bridgehead atoms. The van der Waals surface area contributed by atoms with Crippen molar-refractivity contribution in [3.05, 3.63) is 57.5 Å². The molecule has 3 N–H and O–H groups in total. The minimum Gasteiger partial charge on any atom is -0.306 e. The normalized spacial score (nSPS) is 11.7. The Balaban J connectivity index is 2.01. The highest BCUT2D eigenvalue weighted by atomic mass is 35.5. The maximum absolute atomic E-state index is 12.4. The zero-order valence-corrected chi connectivity index (χ0v) is 13.0. The zero-order valence-electron chi connectivity index (χ0n) is 11.5. The van der Waals surface area contributed by atoms with Crippen LogP contribution in [0.2, 0.25) is 5.02 Å². The highest BCUT2D eigenvalue weighted by Crippen LogP contribution is 2.26. The molecule has 3 rings (SSSR count). The number of hydrogen-bond donors (Lipinski definition) is 3. The van der Waals surface area contributed by atoms with Crippen LogP contribution >= 0.6 is 11.6 Å².